The summed E-state index contributed by atoms with van der Waals surface area (Å²) in [5, 5.41) is 0. The predicted octanol–water partition coefficient (Wildman–Crippen LogP) is 0.849. The summed E-state index contributed by atoms with van der Waals surface area (Å²) < 4.78 is 5.36. The number of hydrogen-bond acceptors (Lipinski definition) is 6. The molecule has 0 unspecified atom stereocenters. The number of hydrogen-bond donors (Lipinski definition) is 3. The van der Waals surface area contributed by atoms with Gasteiger partial charge in [0.1, 0.15) is 11.3 Å². The fraction of sp³-hybridized carbons (Fsp3) is 0.409. The molecule has 0 aliphatic carbocycles. The van der Waals surface area contributed by atoms with E-state index in [1.54, 1.807) is 30.6 Å². The van der Waals surface area contributed by atoms with E-state index in [0.717, 1.165) is 5.56 Å². The average molecular weight is 430 g/mol. The van der Waals surface area contributed by atoms with Gasteiger partial charge in [0, 0.05) is 26.2 Å². The number of amides is 3. The molecular formula is C22H31N5O4. The molecule has 168 valence electrons. The highest BCUT2D eigenvalue weighted by molar-refractivity contribution is 5.95. The minimum Gasteiger partial charge on any atom is -0.444 e. The first-order valence-electron chi connectivity index (χ1n) is 10.0. The molecule has 0 atom stereocenters. The monoisotopic (exact) mass is 429 g/mol. The molecule has 1 aliphatic rings. The molecule has 1 aromatic rings. The Hall–Kier alpha value is -3.49. The molecule has 1 heterocycles. The van der Waals surface area contributed by atoms with E-state index in [2.05, 4.69) is 0 Å². The number of piperazine rings is 1. The zero-order chi connectivity index (χ0) is 23.2. The molecular weight excluding hydrogens is 398 g/mol. The van der Waals surface area contributed by atoms with Crippen LogP contribution in [0.25, 0.3) is 0 Å². The number of rotatable bonds is 5. The Morgan fingerprint density at radius 2 is 1.52 bits per heavy atom. The van der Waals surface area contributed by atoms with Crippen LogP contribution in [0.5, 0.6) is 0 Å². The van der Waals surface area contributed by atoms with Crippen LogP contribution in [-0.4, -0.2) is 59.5 Å². The van der Waals surface area contributed by atoms with Crippen LogP contribution in [0.1, 0.15) is 26.3 Å². The Morgan fingerprint density at radius 1 is 0.968 bits per heavy atom. The standard InChI is InChI=1S/C22H31N5O4/c1-22(2,3)31-21(30)27-11-9-26(10-12-27)20(29)17(23)14-16(18(24)19(25)28)13-15-7-5-4-6-8-15/h4-8,14H,9-13,23-24H2,1-3H3,(H2,25,28)/b17-14-,18-16-. The first-order chi connectivity index (χ1) is 14.5. The van der Waals surface area contributed by atoms with E-state index in [4.69, 9.17) is 21.9 Å². The smallest absolute Gasteiger partial charge is 0.410 e. The lowest BCUT2D eigenvalue weighted by Crippen LogP contribution is -2.52. The van der Waals surface area contributed by atoms with E-state index in [0.29, 0.717) is 38.2 Å². The van der Waals surface area contributed by atoms with Crippen LogP contribution in [0, 0.1) is 0 Å². The van der Waals surface area contributed by atoms with E-state index < -0.39 is 23.5 Å². The third kappa shape index (κ3) is 7.06. The van der Waals surface area contributed by atoms with Gasteiger partial charge < -0.3 is 31.7 Å². The highest BCUT2D eigenvalue weighted by Gasteiger charge is 2.28. The van der Waals surface area contributed by atoms with Crippen LogP contribution in [0.2, 0.25) is 0 Å². The minimum absolute atomic E-state index is 0.0548. The number of carbonyl (C=O) groups excluding carboxylic acids is 3. The molecule has 1 saturated heterocycles. The molecule has 0 radical (unpaired) electrons. The van der Waals surface area contributed by atoms with Crippen molar-refractivity contribution in [2.75, 3.05) is 26.2 Å². The van der Waals surface area contributed by atoms with Gasteiger partial charge in [-0.15, -0.1) is 0 Å². The summed E-state index contributed by atoms with van der Waals surface area (Å²) in [6, 6.07) is 9.33. The molecule has 6 N–H and O–H groups in total. The van der Waals surface area contributed by atoms with Gasteiger partial charge in [0.15, 0.2) is 0 Å². The lowest BCUT2D eigenvalue weighted by atomic mass is 10.0. The fourth-order valence-corrected chi connectivity index (χ4v) is 3.05. The van der Waals surface area contributed by atoms with Crippen LogP contribution in [0.15, 0.2) is 53.4 Å². The van der Waals surface area contributed by atoms with Crippen LogP contribution in [-0.2, 0) is 20.7 Å². The Bertz CT molecular complexity index is 879. The highest BCUT2D eigenvalue weighted by atomic mass is 16.6. The molecule has 0 aromatic heterocycles. The zero-order valence-corrected chi connectivity index (χ0v) is 18.3. The Kier molecular flexibility index (Phi) is 7.68. The largest absolute Gasteiger partial charge is 0.444 e. The summed E-state index contributed by atoms with van der Waals surface area (Å²) in [6.07, 6.45) is 1.29. The van der Waals surface area contributed by atoms with E-state index in [9.17, 15) is 14.4 Å². The van der Waals surface area contributed by atoms with Crippen molar-refractivity contribution >= 4 is 17.9 Å². The zero-order valence-electron chi connectivity index (χ0n) is 18.3. The van der Waals surface area contributed by atoms with Gasteiger partial charge in [-0.25, -0.2) is 4.79 Å². The molecule has 1 fully saturated rings. The van der Waals surface area contributed by atoms with Gasteiger partial charge in [-0.2, -0.15) is 0 Å². The van der Waals surface area contributed by atoms with Gasteiger partial charge >= 0.3 is 6.09 Å². The number of carbonyl (C=O) groups is 3. The molecule has 0 saturated carbocycles. The summed E-state index contributed by atoms with van der Waals surface area (Å²) in [6.45, 7) is 6.71. The van der Waals surface area contributed by atoms with Gasteiger partial charge in [0.2, 0.25) is 0 Å². The molecule has 1 aromatic carbocycles. The van der Waals surface area contributed by atoms with Crippen LogP contribution < -0.4 is 17.2 Å². The third-order valence-corrected chi connectivity index (χ3v) is 4.64. The Balaban J connectivity index is 2.09. The second-order valence-corrected chi connectivity index (χ2v) is 8.32. The quantitative estimate of drug-likeness (QED) is 0.467. The van der Waals surface area contributed by atoms with Crippen LogP contribution in [0.4, 0.5) is 4.79 Å². The average Bonchev–Trinajstić information content (AvgIpc) is 2.71. The van der Waals surface area contributed by atoms with Crippen molar-refractivity contribution in [3.05, 3.63) is 58.9 Å². The number of benzene rings is 1. The van der Waals surface area contributed by atoms with Crippen molar-refractivity contribution in [3.8, 4) is 0 Å². The van der Waals surface area contributed by atoms with Crippen molar-refractivity contribution in [3.63, 3.8) is 0 Å². The van der Waals surface area contributed by atoms with Crippen LogP contribution >= 0.6 is 0 Å². The number of allylic oxidation sites excluding steroid dienone is 2. The SMILES string of the molecule is CC(C)(C)OC(=O)N1CCN(C(=O)/C(N)=C/C(Cc2ccccc2)=C(\N)C(N)=O)CC1. The summed E-state index contributed by atoms with van der Waals surface area (Å²) >= 11 is 0. The maximum atomic E-state index is 12.8. The van der Waals surface area contributed by atoms with E-state index in [1.807, 2.05) is 30.3 Å². The first-order valence-corrected chi connectivity index (χ1v) is 10.0. The summed E-state index contributed by atoms with van der Waals surface area (Å²) in [5.41, 5.74) is 17.7. The van der Waals surface area contributed by atoms with Crippen molar-refractivity contribution in [1.29, 1.82) is 0 Å². The molecule has 31 heavy (non-hydrogen) atoms. The van der Waals surface area contributed by atoms with Crippen molar-refractivity contribution in [2.45, 2.75) is 32.8 Å². The summed E-state index contributed by atoms with van der Waals surface area (Å²) in [4.78, 5) is 39.7. The molecule has 9 nitrogen and oxygen atoms in total. The number of nitrogens with zero attached hydrogens (tertiary/aromatic N) is 2. The number of nitrogens with two attached hydrogens (primary N) is 3. The lowest BCUT2D eigenvalue weighted by molar-refractivity contribution is -0.129. The molecule has 9 heteroatoms. The highest BCUT2D eigenvalue weighted by Crippen LogP contribution is 2.15. The van der Waals surface area contributed by atoms with Crippen molar-refractivity contribution < 1.29 is 19.1 Å². The number of primary amides is 1. The van der Waals surface area contributed by atoms with Gasteiger partial charge in [0.25, 0.3) is 11.8 Å². The molecule has 0 spiro atoms. The van der Waals surface area contributed by atoms with Crippen molar-refractivity contribution in [1.82, 2.24) is 9.80 Å². The summed E-state index contributed by atoms with van der Waals surface area (Å²) in [5.74, 6) is -1.18. The number of ether oxygens (including phenoxy) is 1. The fourth-order valence-electron chi connectivity index (χ4n) is 3.05. The predicted molar refractivity (Wildman–Crippen MR) is 117 cm³/mol. The molecule has 2 rings (SSSR count). The topological polar surface area (TPSA) is 145 Å². The van der Waals surface area contributed by atoms with E-state index >= 15 is 0 Å². The maximum absolute atomic E-state index is 12.8. The van der Waals surface area contributed by atoms with Crippen LogP contribution in [0.3, 0.4) is 0 Å². The third-order valence-electron chi connectivity index (χ3n) is 4.64. The van der Waals surface area contributed by atoms with Crippen molar-refractivity contribution in [2.24, 2.45) is 17.2 Å². The Morgan fingerprint density at radius 3 is 2.03 bits per heavy atom. The maximum Gasteiger partial charge on any atom is 0.410 e. The van der Waals surface area contributed by atoms with Gasteiger partial charge in [-0.05, 0) is 44.4 Å². The molecule has 1 aliphatic heterocycles. The second-order valence-electron chi connectivity index (χ2n) is 8.32. The van der Waals surface area contributed by atoms with E-state index in [-0.39, 0.29) is 11.4 Å². The van der Waals surface area contributed by atoms with Gasteiger partial charge in [-0.1, -0.05) is 30.3 Å². The normalized spacial score (nSPS) is 15.9. The Labute approximate surface area is 182 Å². The molecule has 0 bridgehead atoms. The van der Waals surface area contributed by atoms with E-state index in [1.165, 1.54) is 6.08 Å². The summed E-state index contributed by atoms with van der Waals surface area (Å²) in [7, 11) is 0. The second kappa shape index (κ2) is 10.0. The minimum atomic E-state index is -0.784. The lowest BCUT2D eigenvalue weighted by Gasteiger charge is -2.35. The van der Waals surface area contributed by atoms with Gasteiger partial charge in [0.05, 0.1) is 5.70 Å². The first kappa shape index (κ1) is 23.8. The molecule has 3 amide bonds. The van der Waals surface area contributed by atoms with Gasteiger partial charge in [-0.3, -0.25) is 9.59 Å².